The molecule has 2 amide bonds. The van der Waals surface area contributed by atoms with Gasteiger partial charge in [0.05, 0.1) is 18.4 Å². The van der Waals surface area contributed by atoms with Gasteiger partial charge in [0.2, 0.25) is 0 Å². The third kappa shape index (κ3) is 4.62. The number of anilines is 1. The van der Waals surface area contributed by atoms with Gasteiger partial charge in [0.25, 0.3) is 11.8 Å². The predicted molar refractivity (Wildman–Crippen MR) is 109 cm³/mol. The topological polar surface area (TPSA) is 88.6 Å². The van der Waals surface area contributed by atoms with Crippen molar-refractivity contribution in [1.82, 2.24) is 9.88 Å². The largest absolute Gasteiger partial charge is 0.465 e. The van der Waals surface area contributed by atoms with E-state index in [1.54, 1.807) is 42.5 Å². The average Bonchev–Trinajstić information content (AvgIpc) is 2.78. The Bertz CT molecular complexity index is 912. The van der Waals surface area contributed by atoms with Crippen molar-refractivity contribution in [1.29, 1.82) is 0 Å². The molecule has 7 nitrogen and oxygen atoms in total. The summed E-state index contributed by atoms with van der Waals surface area (Å²) in [7, 11) is 1.28. The van der Waals surface area contributed by atoms with E-state index in [1.165, 1.54) is 7.11 Å². The highest BCUT2D eigenvalue weighted by molar-refractivity contribution is 6.07. The van der Waals surface area contributed by atoms with E-state index >= 15 is 0 Å². The first-order chi connectivity index (χ1) is 14.0. The first-order valence-electron chi connectivity index (χ1n) is 9.81. The SMILES string of the molecule is CCC1CCCCN1C(=O)c1cccc(C(=O)Nc2ccccc2C(=O)OC)n1. The second kappa shape index (κ2) is 9.32. The van der Waals surface area contributed by atoms with Crippen LogP contribution in [0.3, 0.4) is 0 Å². The molecule has 1 aliphatic heterocycles. The van der Waals surface area contributed by atoms with Crippen LogP contribution >= 0.6 is 0 Å². The van der Waals surface area contributed by atoms with Crippen molar-refractivity contribution in [3.05, 3.63) is 59.4 Å². The molecule has 0 radical (unpaired) electrons. The van der Waals surface area contributed by atoms with Crippen molar-refractivity contribution in [2.24, 2.45) is 0 Å². The minimum Gasteiger partial charge on any atom is -0.465 e. The van der Waals surface area contributed by atoms with Crippen molar-refractivity contribution in [3.63, 3.8) is 0 Å². The summed E-state index contributed by atoms with van der Waals surface area (Å²) in [6.45, 7) is 2.79. The molecule has 1 aromatic carbocycles. The number of nitrogens with one attached hydrogen (secondary N) is 1. The number of aromatic nitrogens is 1. The van der Waals surface area contributed by atoms with Crippen LogP contribution in [0.5, 0.6) is 0 Å². The zero-order chi connectivity index (χ0) is 20.8. The molecule has 1 N–H and O–H groups in total. The Kier molecular flexibility index (Phi) is 6.59. The van der Waals surface area contributed by atoms with Crippen molar-refractivity contribution in [3.8, 4) is 0 Å². The van der Waals surface area contributed by atoms with E-state index < -0.39 is 11.9 Å². The van der Waals surface area contributed by atoms with Crippen molar-refractivity contribution >= 4 is 23.5 Å². The van der Waals surface area contributed by atoms with Gasteiger partial charge in [-0.25, -0.2) is 9.78 Å². The molecular formula is C22H25N3O4. The number of hydrogen-bond donors (Lipinski definition) is 1. The Morgan fingerprint density at radius 3 is 2.62 bits per heavy atom. The molecule has 7 heteroatoms. The molecule has 29 heavy (non-hydrogen) atoms. The van der Waals surface area contributed by atoms with E-state index in [4.69, 9.17) is 4.74 Å². The fourth-order valence-electron chi connectivity index (χ4n) is 3.59. The fraction of sp³-hybridized carbons (Fsp3) is 0.364. The minimum atomic E-state index is -0.548. The number of likely N-dealkylation sites (tertiary alicyclic amines) is 1. The van der Waals surface area contributed by atoms with E-state index in [9.17, 15) is 14.4 Å². The number of hydrogen-bond acceptors (Lipinski definition) is 5. The lowest BCUT2D eigenvalue weighted by molar-refractivity contribution is 0.0594. The number of rotatable bonds is 5. The number of benzene rings is 1. The van der Waals surface area contributed by atoms with Crippen LogP contribution in [0.25, 0.3) is 0 Å². The second-order valence-electron chi connectivity index (χ2n) is 6.96. The number of carbonyl (C=O) groups excluding carboxylic acids is 3. The number of para-hydroxylation sites is 1. The summed E-state index contributed by atoms with van der Waals surface area (Å²) in [5.41, 5.74) is 0.930. The zero-order valence-electron chi connectivity index (χ0n) is 16.7. The van der Waals surface area contributed by atoms with Crippen LogP contribution in [-0.2, 0) is 4.74 Å². The van der Waals surface area contributed by atoms with Crippen LogP contribution in [0, 0.1) is 0 Å². The van der Waals surface area contributed by atoms with Crippen LogP contribution in [0.2, 0.25) is 0 Å². The lowest BCUT2D eigenvalue weighted by Gasteiger charge is -2.35. The van der Waals surface area contributed by atoms with Gasteiger partial charge in [0, 0.05) is 12.6 Å². The van der Waals surface area contributed by atoms with Crippen molar-refractivity contribution < 1.29 is 19.1 Å². The van der Waals surface area contributed by atoms with Crippen LogP contribution in [0.1, 0.15) is 63.9 Å². The maximum Gasteiger partial charge on any atom is 0.339 e. The van der Waals surface area contributed by atoms with Crippen LogP contribution in [0.15, 0.2) is 42.5 Å². The molecule has 0 spiro atoms. The Balaban J connectivity index is 1.80. The van der Waals surface area contributed by atoms with Gasteiger partial charge in [-0.05, 0) is 49.9 Å². The number of piperidine rings is 1. The van der Waals surface area contributed by atoms with Crippen LogP contribution in [0.4, 0.5) is 5.69 Å². The van der Waals surface area contributed by atoms with Crippen molar-refractivity contribution in [2.75, 3.05) is 19.0 Å². The molecule has 2 aromatic rings. The lowest BCUT2D eigenvalue weighted by atomic mass is 9.99. The van der Waals surface area contributed by atoms with E-state index in [-0.39, 0.29) is 28.9 Å². The molecule has 2 heterocycles. The lowest BCUT2D eigenvalue weighted by Crippen LogP contribution is -2.43. The third-order valence-corrected chi connectivity index (χ3v) is 5.14. The molecule has 1 aromatic heterocycles. The Hall–Kier alpha value is -3.22. The minimum absolute atomic E-state index is 0.112. The number of ether oxygens (including phenoxy) is 1. The Morgan fingerprint density at radius 2 is 1.86 bits per heavy atom. The molecule has 1 fully saturated rings. The molecular weight excluding hydrogens is 370 g/mol. The quantitative estimate of drug-likeness (QED) is 0.783. The molecule has 152 valence electrons. The summed E-state index contributed by atoms with van der Waals surface area (Å²) >= 11 is 0. The summed E-state index contributed by atoms with van der Waals surface area (Å²) in [5, 5.41) is 2.68. The van der Waals surface area contributed by atoms with Gasteiger partial charge in [-0.15, -0.1) is 0 Å². The monoisotopic (exact) mass is 395 g/mol. The highest BCUT2D eigenvalue weighted by Gasteiger charge is 2.27. The first kappa shape index (κ1) is 20.5. The summed E-state index contributed by atoms with van der Waals surface area (Å²) in [6, 6.07) is 11.6. The molecule has 1 unspecified atom stereocenters. The summed E-state index contributed by atoms with van der Waals surface area (Å²) in [4.78, 5) is 43.7. The van der Waals surface area contributed by atoms with Gasteiger partial charge in [-0.2, -0.15) is 0 Å². The number of carbonyl (C=O) groups is 3. The van der Waals surface area contributed by atoms with Gasteiger partial charge < -0.3 is 15.0 Å². The first-order valence-corrected chi connectivity index (χ1v) is 9.81. The maximum atomic E-state index is 13.0. The van der Waals surface area contributed by atoms with Crippen LogP contribution < -0.4 is 5.32 Å². The Labute approximate surface area is 170 Å². The van der Waals surface area contributed by atoms with Gasteiger partial charge in [0.15, 0.2) is 0 Å². The normalized spacial score (nSPS) is 16.2. The molecule has 3 rings (SSSR count). The summed E-state index contributed by atoms with van der Waals surface area (Å²) in [5.74, 6) is -1.20. The van der Waals surface area contributed by atoms with Gasteiger partial charge >= 0.3 is 5.97 Å². The molecule has 1 saturated heterocycles. The maximum absolute atomic E-state index is 13.0. The smallest absolute Gasteiger partial charge is 0.339 e. The summed E-state index contributed by atoms with van der Waals surface area (Å²) < 4.78 is 4.75. The van der Waals surface area contributed by atoms with E-state index in [2.05, 4.69) is 17.2 Å². The average molecular weight is 395 g/mol. The summed E-state index contributed by atoms with van der Waals surface area (Å²) in [6.07, 6.45) is 3.99. The van der Waals surface area contributed by atoms with Gasteiger partial charge in [-0.1, -0.05) is 25.1 Å². The predicted octanol–water partition coefficient (Wildman–Crippen LogP) is 3.53. The highest BCUT2D eigenvalue weighted by Crippen LogP contribution is 2.22. The van der Waals surface area contributed by atoms with Gasteiger partial charge in [-0.3, -0.25) is 9.59 Å². The second-order valence-corrected chi connectivity index (χ2v) is 6.96. The Morgan fingerprint density at radius 1 is 1.10 bits per heavy atom. The number of amides is 2. The molecule has 1 aliphatic rings. The zero-order valence-corrected chi connectivity index (χ0v) is 16.7. The molecule has 0 aliphatic carbocycles. The van der Waals surface area contributed by atoms with Crippen LogP contribution in [-0.4, -0.2) is 47.4 Å². The van der Waals surface area contributed by atoms with Gasteiger partial charge in [0.1, 0.15) is 11.4 Å². The van der Waals surface area contributed by atoms with E-state index in [1.807, 2.05) is 4.90 Å². The molecule has 1 atom stereocenters. The van der Waals surface area contributed by atoms with Crippen molar-refractivity contribution in [2.45, 2.75) is 38.6 Å². The molecule has 0 bridgehead atoms. The standard InChI is InChI=1S/C22H25N3O4/c1-3-15-9-6-7-14-25(15)21(27)19-13-8-12-18(23-19)20(26)24-17-11-5-4-10-16(17)22(28)29-2/h4-5,8,10-13,15H,3,6-7,9,14H2,1-2H3,(H,24,26). The number of esters is 1. The third-order valence-electron chi connectivity index (χ3n) is 5.14. The molecule has 0 saturated carbocycles. The fourth-order valence-corrected chi connectivity index (χ4v) is 3.59. The highest BCUT2D eigenvalue weighted by atomic mass is 16.5. The van der Waals surface area contributed by atoms with E-state index in [0.29, 0.717) is 12.2 Å². The van der Waals surface area contributed by atoms with E-state index in [0.717, 1.165) is 25.7 Å². The number of pyridine rings is 1. The number of methoxy groups -OCH3 is 1. The number of nitrogens with zero attached hydrogens (tertiary/aromatic N) is 2.